The summed E-state index contributed by atoms with van der Waals surface area (Å²) >= 11 is 0. The molecule has 2 rings (SSSR count). The van der Waals surface area contributed by atoms with E-state index in [9.17, 15) is 0 Å². The van der Waals surface area contributed by atoms with E-state index in [1.807, 2.05) is 0 Å². The first-order chi connectivity index (χ1) is 8.90. The maximum absolute atomic E-state index is 9.04. The van der Waals surface area contributed by atoms with Crippen molar-refractivity contribution in [2.24, 2.45) is 0 Å². The average Bonchev–Trinajstić information content (AvgIpc) is 2.45. The zero-order valence-corrected chi connectivity index (χ0v) is 11.1. The van der Waals surface area contributed by atoms with Gasteiger partial charge in [-0.05, 0) is 31.2 Å². The highest BCUT2D eigenvalue weighted by atomic mass is 16.2. The zero-order chi connectivity index (χ0) is 12.6. The first-order valence-electron chi connectivity index (χ1n) is 7.32. The maximum atomic E-state index is 9.04. The normalized spacial score (nSPS) is 18.7. The molecule has 2 N–H and O–H groups in total. The van der Waals surface area contributed by atoms with Gasteiger partial charge in [0.2, 0.25) is 0 Å². The van der Waals surface area contributed by atoms with Crippen LogP contribution < -0.4 is 5.32 Å². The third-order valence-corrected chi connectivity index (χ3v) is 3.89. The van der Waals surface area contributed by atoms with E-state index in [1.54, 1.807) is 0 Å². The smallest absolute Gasteiger partial charge is 0.0431 e. The summed E-state index contributed by atoms with van der Waals surface area (Å²) < 4.78 is 0. The van der Waals surface area contributed by atoms with E-state index >= 15 is 0 Å². The van der Waals surface area contributed by atoms with Gasteiger partial charge in [-0.2, -0.15) is 0 Å². The number of benzene rings is 1. The van der Waals surface area contributed by atoms with E-state index in [0.29, 0.717) is 12.1 Å². The van der Waals surface area contributed by atoms with Crippen LogP contribution in [0.4, 0.5) is 0 Å². The summed E-state index contributed by atoms with van der Waals surface area (Å²) in [7, 11) is 0. The van der Waals surface area contributed by atoms with Crippen LogP contribution in [0.5, 0.6) is 0 Å². The number of aliphatic hydroxyl groups is 1. The molecule has 2 nitrogen and oxygen atoms in total. The molecular weight excluding hydrogens is 222 g/mol. The Balaban J connectivity index is 1.95. The minimum absolute atomic E-state index is 0.287. The molecule has 1 unspecified atom stereocenters. The van der Waals surface area contributed by atoms with Crippen LogP contribution >= 0.6 is 0 Å². The van der Waals surface area contributed by atoms with E-state index in [2.05, 4.69) is 35.6 Å². The number of aliphatic hydroxyl groups excluding tert-OH is 1. The van der Waals surface area contributed by atoms with Gasteiger partial charge in [-0.15, -0.1) is 0 Å². The van der Waals surface area contributed by atoms with E-state index < -0.39 is 0 Å². The number of rotatable bonds is 6. The van der Waals surface area contributed by atoms with E-state index in [-0.39, 0.29) is 6.61 Å². The van der Waals surface area contributed by atoms with Crippen molar-refractivity contribution < 1.29 is 5.11 Å². The summed E-state index contributed by atoms with van der Waals surface area (Å²) in [4.78, 5) is 0. The van der Waals surface area contributed by atoms with E-state index in [0.717, 1.165) is 12.8 Å². The average molecular weight is 247 g/mol. The summed E-state index contributed by atoms with van der Waals surface area (Å²) in [5.74, 6) is 0. The van der Waals surface area contributed by atoms with E-state index in [1.165, 1.54) is 37.7 Å². The Bertz CT molecular complexity index is 319. The Hall–Kier alpha value is -0.860. The minimum Gasteiger partial charge on any atom is -0.396 e. The lowest BCUT2D eigenvalue weighted by Gasteiger charge is -2.29. The van der Waals surface area contributed by atoms with Gasteiger partial charge in [-0.1, -0.05) is 49.6 Å². The van der Waals surface area contributed by atoms with Gasteiger partial charge >= 0.3 is 0 Å². The molecule has 2 heteroatoms. The number of nitrogens with one attached hydrogen (secondary N) is 1. The van der Waals surface area contributed by atoms with Gasteiger partial charge < -0.3 is 10.4 Å². The van der Waals surface area contributed by atoms with Gasteiger partial charge in [0.25, 0.3) is 0 Å². The van der Waals surface area contributed by atoms with Crippen molar-refractivity contribution in [1.29, 1.82) is 0 Å². The molecule has 18 heavy (non-hydrogen) atoms. The highest BCUT2D eigenvalue weighted by Crippen LogP contribution is 2.24. The molecule has 0 spiro atoms. The van der Waals surface area contributed by atoms with Crippen LogP contribution in [0.2, 0.25) is 0 Å². The monoisotopic (exact) mass is 247 g/mol. The Kier molecular flexibility index (Phi) is 5.69. The van der Waals surface area contributed by atoms with Crippen molar-refractivity contribution in [3.8, 4) is 0 Å². The standard InChI is InChI=1S/C16H25NO/c18-13-7-12-16(14-8-3-1-4-9-14)17-15-10-5-2-6-11-15/h1,3-4,8-9,15-18H,2,5-7,10-13H2. The topological polar surface area (TPSA) is 32.3 Å². The summed E-state index contributed by atoms with van der Waals surface area (Å²) in [5, 5.41) is 12.8. The summed E-state index contributed by atoms with van der Waals surface area (Å²) in [5.41, 5.74) is 1.36. The van der Waals surface area contributed by atoms with Crippen molar-refractivity contribution in [2.45, 2.75) is 57.0 Å². The molecule has 1 saturated carbocycles. The molecule has 1 aromatic rings. The van der Waals surface area contributed by atoms with Gasteiger partial charge in [-0.25, -0.2) is 0 Å². The molecule has 0 radical (unpaired) electrons. The van der Waals surface area contributed by atoms with Crippen molar-refractivity contribution in [2.75, 3.05) is 6.61 Å². The molecule has 1 atom stereocenters. The predicted octanol–water partition coefficient (Wildman–Crippen LogP) is 3.42. The largest absolute Gasteiger partial charge is 0.396 e. The molecule has 1 fully saturated rings. The third kappa shape index (κ3) is 4.11. The van der Waals surface area contributed by atoms with Crippen molar-refractivity contribution in [1.82, 2.24) is 5.32 Å². The first kappa shape index (κ1) is 13.6. The molecule has 1 aromatic carbocycles. The van der Waals surface area contributed by atoms with Gasteiger partial charge in [-0.3, -0.25) is 0 Å². The molecule has 0 aliphatic heterocycles. The van der Waals surface area contributed by atoms with Crippen LogP contribution in [-0.4, -0.2) is 17.8 Å². The second kappa shape index (κ2) is 7.55. The van der Waals surface area contributed by atoms with Crippen molar-refractivity contribution in [3.63, 3.8) is 0 Å². The summed E-state index contributed by atoms with van der Waals surface area (Å²) in [6, 6.07) is 11.7. The summed E-state index contributed by atoms with van der Waals surface area (Å²) in [6.45, 7) is 0.287. The highest BCUT2D eigenvalue weighted by molar-refractivity contribution is 5.19. The Morgan fingerprint density at radius 2 is 1.83 bits per heavy atom. The molecular formula is C16H25NO. The minimum atomic E-state index is 0.287. The Labute approximate surface area is 110 Å². The second-order valence-corrected chi connectivity index (χ2v) is 5.33. The fourth-order valence-corrected chi connectivity index (χ4v) is 2.88. The van der Waals surface area contributed by atoms with Crippen LogP contribution in [-0.2, 0) is 0 Å². The molecule has 0 amide bonds. The third-order valence-electron chi connectivity index (χ3n) is 3.89. The predicted molar refractivity (Wildman–Crippen MR) is 75.5 cm³/mol. The van der Waals surface area contributed by atoms with E-state index in [4.69, 9.17) is 5.11 Å². The van der Waals surface area contributed by atoms with Crippen molar-refractivity contribution in [3.05, 3.63) is 35.9 Å². The van der Waals surface area contributed by atoms with Crippen LogP contribution in [0, 0.1) is 0 Å². The maximum Gasteiger partial charge on any atom is 0.0431 e. The molecule has 100 valence electrons. The molecule has 1 aliphatic carbocycles. The van der Waals surface area contributed by atoms with Crippen molar-refractivity contribution >= 4 is 0 Å². The van der Waals surface area contributed by atoms with Gasteiger partial charge in [0, 0.05) is 18.7 Å². The molecule has 0 heterocycles. The van der Waals surface area contributed by atoms with Crippen LogP contribution in [0.3, 0.4) is 0 Å². The van der Waals surface area contributed by atoms with Gasteiger partial charge in [0.1, 0.15) is 0 Å². The SMILES string of the molecule is OCCCC(NC1CCCCC1)c1ccccc1. The fraction of sp³-hybridized carbons (Fsp3) is 0.625. The molecule has 1 aliphatic rings. The highest BCUT2D eigenvalue weighted by Gasteiger charge is 2.18. The van der Waals surface area contributed by atoms with Crippen LogP contribution in [0.15, 0.2) is 30.3 Å². The fourth-order valence-electron chi connectivity index (χ4n) is 2.88. The lowest BCUT2D eigenvalue weighted by atomic mass is 9.93. The summed E-state index contributed by atoms with van der Waals surface area (Å²) in [6.07, 6.45) is 8.63. The first-order valence-corrected chi connectivity index (χ1v) is 7.32. The quantitative estimate of drug-likeness (QED) is 0.807. The molecule has 0 saturated heterocycles. The van der Waals surface area contributed by atoms with Gasteiger partial charge in [0.05, 0.1) is 0 Å². The Morgan fingerprint density at radius 3 is 2.50 bits per heavy atom. The zero-order valence-electron chi connectivity index (χ0n) is 11.1. The molecule has 0 bridgehead atoms. The lowest BCUT2D eigenvalue weighted by Crippen LogP contribution is -2.34. The number of hydrogen-bond acceptors (Lipinski definition) is 2. The second-order valence-electron chi connectivity index (χ2n) is 5.33. The number of hydrogen-bond donors (Lipinski definition) is 2. The van der Waals surface area contributed by atoms with Gasteiger partial charge in [0.15, 0.2) is 0 Å². The molecule has 0 aromatic heterocycles. The van der Waals surface area contributed by atoms with Crippen LogP contribution in [0.25, 0.3) is 0 Å². The lowest BCUT2D eigenvalue weighted by molar-refractivity contribution is 0.264. The Morgan fingerprint density at radius 1 is 1.11 bits per heavy atom. The van der Waals surface area contributed by atoms with Crippen LogP contribution in [0.1, 0.15) is 56.6 Å².